The van der Waals surface area contributed by atoms with Gasteiger partial charge in [0.1, 0.15) is 0 Å². The van der Waals surface area contributed by atoms with E-state index in [1.165, 1.54) is 0 Å². The number of hydrogen-bond acceptors (Lipinski definition) is 4. The molecule has 0 bridgehead atoms. The van der Waals surface area contributed by atoms with E-state index < -0.39 is 0 Å². The van der Waals surface area contributed by atoms with Gasteiger partial charge in [0.25, 0.3) is 0 Å². The average molecular weight is 239 g/mol. The summed E-state index contributed by atoms with van der Waals surface area (Å²) in [5, 5.41) is 7.25. The van der Waals surface area contributed by atoms with E-state index >= 15 is 0 Å². The summed E-state index contributed by atoms with van der Waals surface area (Å²) in [7, 11) is 0. The number of rotatable bonds is 3. The average Bonchev–Trinajstić information content (AvgIpc) is 2.84. The molecule has 1 saturated heterocycles. The molecule has 2 unspecified atom stereocenters. The van der Waals surface area contributed by atoms with Crippen molar-refractivity contribution in [2.45, 2.75) is 20.4 Å². The normalized spacial score (nSPS) is 24.6. The number of carbonyl (C=O) groups excluding carboxylic acids is 1. The molecule has 2 rings (SSSR count). The Kier molecular flexibility index (Phi) is 3.56. The van der Waals surface area contributed by atoms with Crippen LogP contribution in [0.5, 0.6) is 0 Å². The number of aromatic nitrogens is 1. The summed E-state index contributed by atoms with van der Waals surface area (Å²) in [5.74, 6) is 0.709. The van der Waals surface area contributed by atoms with Crippen molar-refractivity contribution < 1.29 is 4.79 Å². The topological polar surface area (TPSA) is 54.0 Å². The summed E-state index contributed by atoms with van der Waals surface area (Å²) >= 11 is 1.63. The Labute approximate surface area is 99.5 Å². The van der Waals surface area contributed by atoms with Crippen molar-refractivity contribution in [3.63, 3.8) is 0 Å². The molecule has 88 valence electrons. The highest BCUT2D eigenvalue weighted by Gasteiger charge is 2.29. The zero-order valence-corrected chi connectivity index (χ0v) is 10.4. The largest absolute Gasteiger partial charge is 0.351 e. The maximum atomic E-state index is 11.9. The Bertz CT molecular complexity index is 377. The molecule has 0 spiro atoms. The molecule has 1 aliphatic rings. The molecule has 0 aromatic carbocycles. The van der Waals surface area contributed by atoms with E-state index in [1.54, 1.807) is 11.3 Å². The fraction of sp³-hybridized carbons (Fsp3) is 0.636. The Morgan fingerprint density at radius 2 is 2.50 bits per heavy atom. The number of aryl methyl sites for hydroxylation is 1. The van der Waals surface area contributed by atoms with Crippen LogP contribution in [-0.2, 0) is 11.3 Å². The second kappa shape index (κ2) is 4.93. The van der Waals surface area contributed by atoms with Crippen LogP contribution in [0.4, 0.5) is 0 Å². The third-order valence-electron chi connectivity index (χ3n) is 2.96. The Balaban J connectivity index is 1.83. The summed E-state index contributed by atoms with van der Waals surface area (Å²) in [5.41, 5.74) is 0. The molecule has 0 aliphatic carbocycles. The smallest absolute Gasteiger partial charge is 0.225 e. The summed E-state index contributed by atoms with van der Waals surface area (Å²) in [6, 6.07) is 0. The molecule has 1 aliphatic heterocycles. The number of carbonyl (C=O) groups is 1. The van der Waals surface area contributed by atoms with Crippen LogP contribution in [0.25, 0.3) is 0 Å². The van der Waals surface area contributed by atoms with Crippen molar-refractivity contribution in [3.8, 4) is 0 Å². The Morgan fingerprint density at radius 3 is 3.06 bits per heavy atom. The summed E-state index contributed by atoms with van der Waals surface area (Å²) in [6.45, 7) is 6.43. The SMILES string of the molecule is Cc1ncc(CNC(=O)C2CNCC2C)s1. The van der Waals surface area contributed by atoms with Crippen LogP contribution in [0.3, 0.4) is 0 Å². The van der Waals surface area contributed by atoms with Crippen molar-refractivity contribution in [2.75, 3.05) is 13.1 Å². The van der Waals surface area contributed by atoms with Gasteiger partial charge in [0.15, 0.2) is 0 Å². The molecule has 1 aromatic rings. The first-order valence-electron chi connectivity index (χ1n) is 5.56. The van der Waals surface area contributed by atoms with Gasteiger partial charge in [0.2, 0.25) is 5.91 Å². The van der Waals surface area contributed by atoms with Crippen LogP contribution >= 0.6 is 11.3 Å². The maximum Gasteiger partial charge on any atom is 0.225 e. The van der Waals surface area contributed by atoms with Crippen LogP contribution in [-0.4, -0.2) is 24.0 Å². The standard InChI is InChI=1S/C11H17N3OS/c1-7-3-12-6-10(7)11(15)14-5-9-4-13-8(2)16-9/h4,7,10,12H,3,5-6H2,1-2H3,(H,14,15). The molecule has 1 aromatic heterocycles. The molecular weight excluding hydrogens is 222 g/mol. The van der Waals surface area contributed by atoms with Gasteiger partial charge in [0, 0.05) is 17.6 Å². The van der Waals surface area contributed by atoms with E-state index in [-0.39, 0.29) is 11.8 Å². The van der Waals surface area contributed by atoms with Crippen LogP contribution in [0, 0.1) is 18.8 Å². The first-order chi connectivity index (χ1) is 7.66. The van der Waals surface area contributed by atoms with Gasteiger partial charge in [-0.1, -0.05) is 6.92 Å². The third-order valence-corrected chi connectivity index (χ3v) is 3.87. The van der Waals surface area contributed by atoms with Crippen LogP contribution in [0.1, 0.15) is 16.8 Å². The van der Waals surface area contributed by atoms with Crippen LogP contribution < -0.4 is 10.6 Å². The summed E-state index contributed by atoms with van der Waals surface area (Å²) in [6.07, 6.45) is 1.83. The predicted molar refractivity (Wildman–Crippen MR) is 64.2 cm³/mol. The molecule has 2 atom stereocenters. The van der Waals surface area contributed by atoms with Gasteiger partial charge < -0.3 is 10.6 Å². The fourth-order valence-corrected chi connectivity index (χ4v) is 2.69. The number of nitrogens with one attached hydrogen (secondary N) is 2. The molecule has 2 N–H and O–H groups in total. The maximum absolute atomic E-state index is 11.9. The minimum absolute atomic E-state index is 0.119. The lowest BCUT2D eigenvalue weighted by Crippen LogP contribution is -2.33. The quantitative estimate of drug-likeness (QED) is 0.825. The van der Waals surface area contributed by atoms with Gasteiger partial charge in [0.05, 0.1) is 17.5 Å². The summed E-state index contributed by atoms with van der Waals surface area (Å²) in [4.78, 5) is 17.1. The minimum atomic E-state index is 0.119. The second-order valence-electron chi connectivity index (χ2n) is 4.31. The van der Waals surface area contributed by atoms with E-state index in [1.807, 2.05) is 13.1 Å². The zero-order chi connectivity index (χ0) is 11.5. The van der Waals surface area contributed by atoms with E-state index in [4.69, 9.17) is 0 Å². The van der Waals surface area contributed by atoms with Crippen molar-refractivity contribution in [3.05, 3.63) is 16.1 Å². The molecular formula is C11H17N3OS. The van der Waals surface area contributed by atoms with Crippen molar-refractivity contribution in [1.29, 1.82) is 0 Å². The Hall–Kier alpha value is -0.940. The number of amides is 1. The van der Waals surface area contributed by atoms with Crippen LogP contribution in [0.15, 0.2) is 6.20 Å². The first-order valence-corrected chi connectivity index (χ1v) is 6.38. The second-order valence-corrected chi connectivity index (χ2v) is 5.62. The molecule has 16 heavy (non-hydrogen) atoms. The monoisotopic (exact) mass is 239 g/mol. The van der Waals surface area contributed by atoms with Crippen molar-refractivity contribution >= 4 is 17.2 Å². The zero-order valence-electron chi connectivity index (χ0n) is 9.62. The minimum Gasteiger partial charge on any atom is -0.351 e. The van der Waals surface area contributed by atoms with Gasteiger partial charge in [-0.25, -0.2) is 4.98 Å². The van der Waals surface area contributed by atoms with Gasteiger partial charge in [-0.05, 0) is 19.4 Å². The van der Waals surface area contributed by atoms with Gasteiger partial charge in [-0.2, -0.15) is 0 Å². The Morgan fingerprint density at radius 1 is 1.69 bits per heavy atom. The molecule has 2 heterocycles. The van der Waals surface area contributed by atoms with E-state index in [9.17, 15) is 4.79 Å². The lowest BCUT2D eigenvalue weighted by Gasteiger charge is -2.13. The number of nitrogens with zero attached hydrogens (tertiary/aromatic N) is 1. The number of hydrogen-bond donors (Lipinski definition) is 2. The first kappa shape index (κ1) is 11.5. The molecule has 0 saturated carbocycles. The lowest BCUT2D eigenvalue weighted by atomic mass is 9.97. The van der Waals surface area contributed by atoms with Gasteiger partial charge in [-0.15, -0.1) is 11.3 Å². The highest BCUT2D eigenvalue weighted by atomic mass is 32.1. The van der Waals surface area contributed by atoms with E-state index in [0.29, 0.717) is 12.5 Å². The van der Waals surface area contributed by atoms with Crippen molar-refractivity contribution in [2.24, 2.45) is 11.8 Å². The summed E-state index contributed by atoms with van der Waals surface area (Å²) < 4.78 is 0. The molecule has 4 nitrogen and oxygen atoms in total. The highest BCUT2D eigenvalue weighted by molar-refractivity contribution is 7.11. The molecule has 0 radical (unpaired) electrons. The van der Waals surface area contributed by atoms with Gasteiger partial charge in [-0.3, -0.25) is 4.79 Å². The van der Waals surface area contributed by atoms with Crippen LogP contribution in [0.2, 0.25) is 0 Å². The van der Waals surface area contributed by atoms with Crippen molar-refractivity contribution in [1.82, 2.24) is 15.6 Å². The lowest BCUT2D eigenvalue weighted by molar-refractivity contribution is -0.125. The predicted octanol–water partition coefficient (Wildman–Crippen LogP) is 0.923. The number of thiazole rings is 1. The highest BCUT2D eigenvalue weighted by Crippen LogP contribution is 2.16. The molecule has 5 heteroatoms. The fourth-order valence-electron chi connectivity index (χ4n) is 1.95. The van der Waals surface area contributed by atoms with E-state index in [0.717, 1.165) is 23.0 Å². The van der Waals surface area contributed by atoms with Gasteiger partial charge >= 0.3 is 0 Å². The molecule has 1 amide bonds. The third kappa shape index (κ3) is 2.59. The van der Waals surface area contributed by atoms with E-state index in [2.05, 4.69) is 22.5 Å². The molecule has 1 fully saturated rings.